The molecule has 1 aliphatic heterocycles. The molecule has 1 saturated heterocycles. The Morgan fingerprint density at radius 3 is 2.41 bits per heavy atom. The number of benzene rings is 1. The molecule has 17 heavy (non-hydrogen) atoms. The molecule has 0 spiro atoms. The molecule has 1 atom stereocenters. The highest BCUT2D eigenvalue weighted by atomic mass is 16.6. The molecule has 2 rings (SSSR count). The van der Waals surface area contributed by atoms with Crippen molar-refractivity contribution in [2.24, 2.45) is 0 Å². The van der Waals surface area contributed by atoms with Gasteiger partial charge >= 0.3 is 17.9 Å². The minimum atomic E-state index is -0.561. The number of hydrogen-bond acceptors (Lipinski definition) is 5. The predicted octanol–water partition coefficient (Wildman–Crippen LogP) is 1.03. The van der Waals surface area contributed by atoms with Crippen molar-refractivity contribution in [3.8, 4) is 0 Å². The van der Waals surface area contributed by atoms with Gasteiger partial charge < -0.3 is 9.47 Å². The summed E-state index contributed by atoms with van der Waals surface area (Å²) in [6, 6.07) is 6.35. The Labute approximate surface area is 97.3 Å². The fourth-order valence-corrected chi connectivity index (χ4v) is 1.70. The summed E-state index contributed by atoms with van der Waals surface area (Å²) < 4.78 is 9.01. The van der Waals surface area contributed by atoms with Crippen LogP contribution in [0.15, 0.2) is 24.3 Å². The lowest BCUT2D eigenvalue weighted by Crippen LogP contribution is -2.06. The number of carbonyl (C=O) groups excluding carboxylic acids is 3. The zero-order valence-corrected chi connectivity index (χ0v) is 9.14. The Morgan fingerprint density at radius 1 is 1.29 bits per heavy atom. The van der Waals surface area contributed by atoms with Gasteiger partial charge in [-0.2, -0.15) is 0 Å². The molecule has 1 heterocycles. The third-order valence-electron chi connectivity index (χ3n) is 2.60. The van der Waals surface area contributed by atoms with Crippen molar-refractivity contribution in [2.75, 3.05) is 7.11 Å². The average Bonchev–Trinajstić information content (AvgIpc) is 2.68. The van der Waals surface area contributed by atoms with Crippen molar-refractivity contribution in [3.05, 3.63) is 35.4 Å². The normalized spacial score (nSPS) is 19.0. The largest absolute Gasteiger partial charge is 0.465 e. The molecule has 5 heteroatoms. The van der Waals surface area contributed by atoms with Gasteiger partial charge in [-0.3, -0.25) is 9.59 Å². The summed E-state index contributed by atoms with van der Waals surface area (Å²) in [5.41, 5.74) is 1.06. The van der Waals surface area contributed by atoms with Crippen molar-refractivity contribution in [1.82, 2.24) is 0 Å². The van der Waals surface area contributed by atoms with Crippen LogP contribution in [0.25, 0.3) is 0 Å². The Morgan fingerprint density at radius 2 is 1.94 bits per heavy atom. The molecular weight excluding hydrogens is 224 g/mol. The maximum atomic E-state index is 11.3. The third kappa shape index (κ3) is 2.18. The first-order valence-electron chi connectivity index (χ1n) is 5.04. The van der Waals surface area contributed by atoms with Crippen LogP contribution in [0.1, 0.15) is 28.3 Å². The quantitative estimate of drug-likeness (QED) is 0.564. The second-order valence-corrected chi connectivity index (χ2v) is 3.66. The van der Waals surface area contributed by atoms with Crippen molar-refractivity contribution in [1.29, 1.82) is 0 Å². The lowest BCUT2D eigenvalue weighted by Gasteiger charge is -2.05. The van der Waals surface area contributed by atoms with E-state index in [0.29, 0.717) is 11.1 Å². The molecular formula is C12H10O5. The van der Waals surface area contributed by atoms with Gasteiger partial charge in [-0.15, -0.1) is 0 Å². The number of ether oxygens (including phenoxy) is 2. The lowest BCUT2D eigenvalue weighted by atomic mass is 9.97. The molecule has 1 aliphatic rings. The molecule has 5 nitrogen and oxygen atoms in total. The van der Waals surface area contributed by atoms with Gasteiger partial charge in [-0.05, 0) is 17.7 Å². The molecule has 1 aromatic carbocycles. The molecule has 88 valence electrons. The van der Waals surface area contributed by atoms with Gasteiger partial charge in [0.25, 0.3) is 0 Å². The highest BCUT2D eigenvalue weighted by Gasteiger charge is 2.34. The van der Waals surface area contributed by atoms with Gasteiger partial charge in [0, 0.05) is 0 Å². The van der Waals surface area contributed by atoms with Crippen LogP contribution in [0.5, 0.6) is 0 Å². The maximum absolute atomic E-state index is 11.3. The summed E-state index contributed by atoms with van der Waals surface area (Å²) in [5, 5.41) is 0. The molecule has 0 aliphatic carbocycles. The highest BCUT2D eigenvalue weighted by molar-refractivity contribution is 5.98. The van der Waals surface area contributed by atoms with E-state index in [1.54, 1.807) is 24.3 Å². The smallest absolute Gasteiger partial charge is 0.337 e. The molecule has 0 aromatic heterocycles. The second-order valence-electron chi connectivity index (χ2n) is 3.66. The summed E-state index contributed by atoms with van der Waals surface area (Å²) in [5.74, 6) is -2.06. The SMILES string of the molecule is COC(=O)c1ccc(C2CC(=O)OC2=O)cc1. The summed E-state index contributed by atoms with van der Waals surface area (Å²) >= 11 is 0. The van der Waals surface area contributed by atoms with Gasteiger partial charge in [0.1, 0.15) is 0 Å². The fraction of sp³-hybridized carbons (Fsp3) is 0.250. The van der Waals surface area contributed by atoms with Gasteiger partial charge in [-0.1, -0.05) is 12.1 Å². The first-order chi connectivity index (χ1) is 8.11. The number of methoxy groups -OCH3 is 1. The van der Waals surface area contributed by atoms with Crippen LogP contribution in [-0.4, -0.2) is 25.0 Å². The molecule has 0 N–H and O–H groups in total. The van der Waals surface area contributed by atoms with E-state index in [0.717, 1.165) is 0 Å². The van der Waals surface area contributed by atoms with E-state index in [1.165, 1.54) is 7.11 Å². The zero-order chi connectivity index (χ0) is 12.4. The van der Waals surface area contributed by atoms with Gasteiger partial charge in [0.05, 0.1) is 25.0 Å². The minimum Gasteiger partial charge on any atom is -0.465 e. The van der Waals surface area contributed by atoms with E-state index < -0.39 is 23.8 Å². The molecule has 1 fully saturated rings. The average molecular weight is 234 g/mol. The van der Waals surface area contributed by atoms with Crippen molar-refractivity contribution in [2.45, 2.75) is 12.3 Å². The standard InChI is InChI=1S/C12H10O5/c1-16-11(14)8-4-2-7(3-5-8)9-6-10(13)17-12(9)15/h2-5,9H,6H2,1H3. The third-order valence-corrected chi connectivity index (χ3v) is 2.60. The van der Waals surface area contributed by atoms with Gasteiger partial charge in [-0.25, -0.2) is 4.79 Å². The van der Waals surface area contributed by atoms with Crippen LogP contribution in [0.4, 0.5) is 0 Å². The highest BCUT2D eigenvalue weighted by Crippen LogP contribution is 2.27. The number of cyclic esters (lactones) is 2. The summed E-state index contributed by atoms with van der Waals surface area (Å²) in [7, 11) is 1.29. The van der Waals surface area contributed by atoms with Crippen LogP contribution in [0.2, 0.25) is 0 Å². The zero-order valence-electron chi connectivity index (χ0n) is 9.14. The van der Waals surface area contributed by atoms with Crippen LogP contribution in [0.3, 0.4) is 0 Å². The maximum Gasteiger partial charge on any atom is 0.337 e. The second kappa shape index (κ2) is 4.37. The molecule has 1 unspecified atom stereocenters. The lowest BCUT2D eigenvalue weighted by molar-refractivity contribution is -0.152. The van der Waals surface area contributed by atoms with E-state index in [1.807, 2.05) is 0 Å². The van der Waals surface area contributed by atoms with Crippen molar-refractivity contribution >= 4 is 17.9 Å². The molecule has 0 radical (unpaired) electrons. The van der Waals surface area contributed by atoms with E-state index in [4.69, 9.17) is 0 Å². The number of hydrogen-bond donors (Lipinski definition) is 0. The minimum absolute atomic E-state index is 0.0520. The van der Waals surface area contributed by atoms with E-state index >= 15 is 0 Å². The monoisotopic (exact) mass is 234 g/mol. The topological polar surface area (TPSA) is 69.7 Å². The van der Waals surface area contributed by atoms with Gasteiger partial charge in [0.2, 0.25) is 0 Å². The summed E-state index contributed by atoms with van der Waals surface area (Å²) in [6.07, 6.45) is 0.0520. The predicted molar refractivity (Wildman–Crippen MR) is 56.2 cm³/mol. The molecule has 0 amide bonds. The molecule has 0 saturated carbocycles. The number of rotatable bonds is 2. The first kappa shape index (κ1) is 11.3. The van der Waals surface area contributed by atoms with E-state index in [9.17, 15) is 14.4 Å². The van der Waals surface area contributed by atoms with Crippen LogP contribution in [-0.2, 0) is 19.1 Å². The number of carbonyl (C=O) groups is 3. The van der Waals surface area contributed by atoms with Crippen LogP contribution >= 0.6 is 0 Å². The van der Waals surface area contributed by atoms with Crippen LogP contribution in [0, 0.1) is 0 Å². The van der Waals surface area contributed by atoms with E-state index in [-0.39, 0.29) is 6.42 Å². The Hall–Kier alpha value is -2.17. The Bertz CT molecular complexity index is 474. The fourth-order valence-electron chi connectivity index (χ4n) is 1.70. The summed E-state index contributed by atoms with van der Waals surface area (Å²) in [6.45, 7) is 0. The Kier molecular flexibility index (Phi) is 2.91. The van der Waals surface area contributed by atoms with Gasteiger partial charge in [0.15, 0.2) is 0 Å². The first-order valence-corrected chi connectivity index (χ1v) is 5.04. The Balaban J connectivity index is 2.21. The molecule has 0 bridgehead atoms. The van der Waals surface area contributed by atoms with Crippen molar-refractivity contribution < 1.29 is 23.9 Å². The van der Waals surface area contributed by atoms with Crippen LogP contribution < -0.4 is 0 Å². The van der Waals surface area contributed by atoms with Crippen molar-refractivity contribution in [3.63, 3.8) is 0 Å². The molecule has 1 aromatic rings. The number of esters is 3. The summed E-state index contributed by atoms with van der Waals surface area (Å²) in [4.78, 5) is 33.5. The van der Waals surface area contributed by atoms with E-state index in [2.05, 4.69) is 9.47 Å².